The van der Waals surface area contributed by atoms with Gasteiger partial charge >= 0.3 is 0 Å². The maximum absolute atomic E-state index is 13.9. The Hall–Kier alpha value is -3.43. The topological polar surface area (TPSA) is 34.1 Å². The zero-order valence-corrected chi connectivity index (χ0v) is 20.8. The van der Waals surface area contributed by atoms with Gasteiger partial charge in [0.25, 0.3) is 0 Å². The third-order valence-corrected chi connectivity index (χ3v) is 7.43. The quantitative estimate of drug-likeness (QED) is 0.206. The predicted octanol–water partition coefficient (Wildman–Crippen LogP) is 7.78. The van der Waals surface area contributed by atoms with Crippen LogP contribution in [-0.4, -0.2) is 17.3 Å². The zero-order valence-electron chi connectivity index (χ0n) is 20.0. The Morgan fingerprint density at radius 2 is 1.23 bits per heavy atom. The summed E-state index contributed by atoms with van der Waals surface area (Å²) in [6.07, 6.45) is 0.294. The number of ketones is 2. The van der Waals surface area contributed by atoms with Gasteiger partial charge < -0.3 is 0 Å². The lowest BCUT2D eigenvalue weighted by atomic mass is 9.78. The highest BCUT2D eigenvalue weighted by Gasteiger charge is 2.32. The molecule has 0 saturated heterocycles. The summed E-state index contributed by atoms with van der Waals surface area (Å²) >= 11 is 1.75. The molecule has 0 aliphatic carbocycles. The molecule has 4 aromatic rings. The lowest BCUT2D eigenvalue weighted by Gasteiger charge is -2.27. The van der Waals surface area contributed by atoms with E-state index < -0.39 is 0 Å². The van der Waals surface area contributed by atoms with Gasteiger partial charge in [0.15, 0.2) is 11.6 Å². The predicted molar refractivity (Wildman–Crippen MR) is 146 cm³/mol. The Bertz CT molecular complexity index is 1220. The van der Waals surface area contributed by atoms with E-state index in [0.717, 1.165) is 16.9 Å². The van der Waals surface area contributed by atoms with Crippen molar-refractivity contribution in [1.29, 1.82) is 0 Å². The Morgan fingerprint density at radius 1 is 0.686 bits per heavy atom. The monoisotopic (exact) mass is 478 g/mol. The standard InChI is InChI=1S/C32H30O2S/c1-24-17-19-26(20-18-24)29(21-31(33)27-13-7-3-8-14-27)30(32(34)28-15-9-4-10-16-28)23-35-22-25-11-5-2-6-12-25/h2-20,29-30H,21-23H2,1H3. The lowest BCUT2D eigenvalue weighted by molar-refractivity contribution is 0.0891. The number of benzene rings is 4. The van der Waals surface area contributed by atoms with Crippen LogP contribution in [0, 0.1) is 12.8 Å². The van der Waals surface area contributed by atoms with Crippen LogP contribution in [0.2, 0.25) is 0 Å². The van der Waals surface area contributed by atoms with Crippen molar-refractivity contribution in [3.8, 4) is 0 Å². The average Bonchev–Trinajstić information content (AvgIpc) is 2.92. The lowest BCUT2D eigenvalue weighted by Crippen LogP contribution is -2.27. The Labute approximate surface area is 212 Å². The summed E-state index contributed by atoms with van der Waals surface area (Å²) in [5.74, 6) is 1.10. The number of Topliss-reactive ketones (excluding diaryl/α,β-unsaturated/α-hetero) is 2. The molecule has 0 saturated carbocycles. The normalized spacial score (nSPS) is 12.6. The summed E-state index contributed by atoms with van der Waals surface area (Å²) in [6, 6.07) is 37.5. The molecule has 0 aromatic heterocycles. The van der Waals surface area contributed by atoms with Crippen LogP contribution < -0.4 is 0 Å². The van der Waals surface area contributed by atoms with Crippen molar-refractivity contribution >= 4 is 23.3 Å². The van der Waals surface area contributed by atoms with Gasteiger partial charge in [-0.2, -0.15) is 11.8 Å². The van der Waals surface area contributed by atoms with Crippen LogP contribution in [0.15, 0.2) is 115 Å². The van der Waals surface area contributed by atoms with E-state index in [1.54, 1.807) is 11.8 Å². The van der Waals surface area contributed by atoms with E-state index in [1.165, 1.54) is 5.56 Å². The van der Waals surface area contributed by atoms with E-state index in [4.69, 9.17) is 0 Å². The second-order valence-electron chi connectivity index (χ2n) is 8.85. The molecular formula is C32H30O2S. The number of aryl methyl sites for hydroxylation is 1. The van der Waals surface area contributed by atoms with Crippen LogP contribution in [0.4, 0.5) is 0 Å². The largest absolute Gasteiger partial charge is 0.294 e. The van der Waals surface area contributed by atoms with Crippen molar-refractivity contribution in [3.63, 3.8) is 0 Å². The van der Waals surface area contributed by atoms with Crippen molar-refractivity contribution in [3.05, 3.63) is 143 Å². The summed E-state index contributed by atoms with van der Waals surface area (Å²) in [7, 11) is 0. The number of carbonyl (C=O) groups is 2. The summed E-state index contributed by atoms with van der Waals surface area (Å²) < 4.78 is 0. The number of hydrogen-bond donors (Lipinski definition) is 0. The zero-order chi connectivity index (χ0) is 24.5. The fraction of sp³-hybridized carbons (Fsp3) is 0.188. The Morgan fingerprint density at radius 3 is 1.83 bits per heavy atom. The van der Waals surface area contributed by atoms with Gasteiger partial charge in [0, 0.05) is 40.9 Å². The minimum atomic E-state index is -0.318. The van der Waals surface area contributed by atoms with Crippen LogP contribution in [0.25, 0.3) is 0 Å². The van der Waals surface area contributed by atoms with Crippen LogP contribution in [0.1, 0.15) is 49.7 Å². The highest BCUT2D eigenvalue weighted by atomic mass is 32.2. The van der Waals surface area contributed by atoms with Gasteiger partial charge in [-0.1, -0.05) is 121 Å². The van der Waals surface area contributed by atoms with Crippen molar-refractivity contribution < 1.29 is 9.59 Å². The van der Waals surface area contributed by atoms with Gasteiger partial charge in [0.2, 0.25) is 0 Å². The summed E-state index contributed by atoms with van der Waals surface area (Å²) in [5.41, 5.74) is 4.81. The highest BCUT2D eigenvalue weighted by molar-refractivity contribution is 7.98. The number of hydrogen-bond acceptors (Lipinski definition) is 3. The molecule has 2 atom stereocenters. The Balaban J connectivity index is 1.66. The molecule has 0 aliphatic heterocycles. The van der Waals surface area contributed by atoms with E-state index >= 15 is 0 Å². The number of rotatable bonds is 11. The van der Waals surface area contributed by atoms with Crippen LogP contribution in [0.3, 0.4) is 0 Å². The molecule has 0 amide bonds. The molecule has 4 aromatic carbocycles. The number of thioether (sulfide) groups is 1. The molecular weight excluding hydrogens is 448 g/mol. The third kappa shape index (κ3) is 6.80. The van der Waals surface area contributed by atoms with E-state index in [2.05, 4.69) is 43.3 Å². The Kier molecular flexibility index (Phi) is 8.69. The molecule has 2 unspecified atom stereocenters. The second kappa shape index (κ2) is 12.3. The molecule has 3 heteroatoms. The van der Waals surface area contributed by atoms with Crippen molar-refractivity contribution in [2.24, 2.45) is 5.92 Å². The minimum absolute atomic E-state index is 0.0649. The first-order chi connectivity index (χ1) is 17.1. The van der Waals surface area contributed by atoms with Gasteiger partial charge in [0.1, 0.15) is 0 Å². The van der Waals surface area contributed by atoms with Gasteiger partial charge in [0.05, 0.1) is 0 Å². The van der Waals surface area contributed by atoms with E-state index in [-0.39, 0.29) is 23.4 Å². The summed E-state index contributed by atoms with van der Waals surface area (Å²) in [5, 5.41) is 0. The van der Waals surface area contributed by atoms with Crippen molar-refractivity contribution in [2.45, 2.75) is 25.0 Å². The molecule has 0 N–H and O–H groups in total. The van der Waals surface area contributed by atoms with Crippen LogP contribution in [0.5, 0.6) is 0 Å². The first-order valence-electron chi connectivity index (χ1n) is 12.0. The maximum Gasteiger partial charge on any atom is 0.167 e. The van der Waals surface area contributed by atoms with Gasteiger partial charge in [-0.3, -0.25) is 9.59 Å². The molecule has 0 radical (unpaired) electrons. The van der Waals surface area contributed by atoms with Crippen LogP contribution in [-0.2, 0) is 5.75 Å². The maximum atomic E-state index is 13.9. The fourth-order valence-electron chi connectivity index (χ4n) is 4.32. The molecule has 4 rings (SSSR count). The van der Waals surface area contributed by atoms with E-state index in [0.29, 0.717) is 23.3 Å². The van der Waals surface area contributed by atoms with Gasteiger partial charge in [-0.05, 0) is 18.1 Å². The number of carbonyl (C=O) groups excluding carboxylic acids is 2. The average molecular weight is 479 g/mol. The summed E-state index contributed by atoms with van der Waals surface area (Å²) in [6.45, 7) is 2.05. The first kappa shape index (κ1) is 24.7. The molecule has 176 valence electrons. The van der Waals surface area contributed by atoms with E-state index in [1.807, 2.05) is 78.9 Å². The fourth-order valence-corrected chi connectivity index (χ4v) is 5.50. The molecule has 0 fully saturated rings. The van der Waals surface area contributed by atoms with Crippen LogP contribution >= 0.6 is 11.8 Å². The molecule has 0 heterocycles. The van der Waals surface area contributed by atoms with E-state index in [9.17, 15) is 9.59 Å². The van der Waals surface area contributed by atoms with Gasteiger partial charge in [-0.15, -0.1) is 0 Å². The molecule has 2 nitrogen and oxygen atoms in total. The first-order valence-corrected chi connectivity index (χ1v) is 13.1. The third-order valence-electron chi connectivity index (χ3n) is 6.30. The van der Waals surface area contributed by atoms with Crippen molar-refractivity contribution in [2.75, 3.05) is 5.75 Å². The second-order valence-corrected chi connectivity index (χ2v) is 9.88. The summed E-state index contributed by atoms with van der Waals surface area (Å²) in [4.78, 5) is 27.2. The highest BCUT2D eigenvalue weighted by Crippen LogP contribution is 2.35. The SMILES string of the molecule is Cc1ccc(C(CC(=O)c2ccccc2)C(CSCc2ccccc2)C(=O)c2ccccc2)cc1. The minimum Gasteiger partial charge on any atom is -0.294 e. The smallest absolute Gasteiger partial charge is 0.167 e. The van der Waals surface area contributed by atoms with Crippen molar-refractivity contribution in [1.82, 2.24) is 0 Å². The van der Waals surface area contributed by atoms with Gasteiger partial charge in [-0.25, -0.2) is 0 Å². The molecule has 0 bridgehead atoms. The molecule has 0 spiro atoms. The molecule has 0 aliphatic rings. The molecule has 35 heavy (non-hydrogen) atoms.